The molecular weight excluding hydrogens is 230 g/mol. The lowest BCUT2D eigenvalue weighted by Crippen LogP contribution is -2.15. The SMILES string of the molecule is C[C@H](N)CCc1ccc(Br)cc1O. The molecule has 0 aliphatic heterocycles. The molecule has 1 aromatic carbocycles. The minimum absolute atomic E-state index is 0.183. The number of phenols is 1. The van der Waals surface area contributed by atoms with Crippen LogP contribution >= 0.6 is 15.9 Å². The molecule has 0 aromatic heterocycles. The Morgan fingerprint density at radius 2 is 2.23 bits per heavy atom. The van der Waals surface area contributed by atoms with Crippen LogP contribution in [0.1, 0.15) is 18.9 Å². The number of aromatic hydroxyl groups is 1. The number of aryl methyl sites for hydroxylation is 1. The Kier molecular flexibility index (Phi) is 3.75. The largest absolute Gasteiger partial charge is 0.508 e. The maximum atomic E-state index is 9.53. The molecule has 0 spiro atoms. The quantitative estimate of drug-likeness (QED) is 0.857. The number of nitrogens with two attached hydrogens (primary N) is 1. The van der Waals surface area contributed by atoms with E-state index in [4.69, 9.17) is 5.73 Å². The number of hydrogen-bond acceptors (Lipinski definition) is 2. The first-order valence-corrected chi connectivity index (χ1v) is 5.12. The van der Waals surface area contributed by atoms with E-state index in [0.717, 1.165) is 22.9 Å². The van der Waals surface area contributed by atoms with Crippen molar-refractivity contribution in [2.24, 2.45) is 5.73 Å². The molecule has 0 fully saturated rings. The van der Waals surface area contributed by atoms with Crippen molar-refractivity contribution in [3.05, 3.63) is 28.2 Å². The zero-order chi connectivity index (χ0) is 9.84. The minimum Gasteiger partial charge on any atom is -0.508 e. The van der Waals surface area contributed by atoms with Gasteiger partial charge in [0.05, 0.1) is 0 Å². The Bertz CT molecular complexity index is 286. The molecular formula is C10H14BrNO. The molecule has 13 heavy (non-hydrogen) atoms. The van der Waals surface area contributed by atoms with E-state index in [2.05, 4.69) is 15.9 Å². The average Bonchev–Trinajstić information content (AvgIpc) is 2.02. The van der Waals surface area contributed by atoms with Gasteiger partial charge in [0.15, 0.2) is 0 Å². The summed E-state index contributed by atoms with van der Waals surface area (Å²) in [5.41, 5.74) is 6.59. The molecule has 0 amide bonds. The fourth-order valence-corrected chi connectivity index (χ4v) is 1.48. The summed E-state index contributed by atoms with van der Waals surface area (Å²) in [4.78, 5) is 0. The van der Waals surface area contributed by atoms with E-state index in [0.29, 0.717) is 5.75 Å². The third-order valence-electron chi connectivity index (χ3n) is 1.92. The van der Waals surface area contributed by atoms with Crippen LogP contribution in [0.3, 0.4) is 0 Å². The summed E-state index contributed by atoms with van der Waals surface area (Å²) >= 11 is 3.29. The molecule has 0 radical (unpaired) electrons. The topological polar surface area (TPSA) is 46.2 Å². The van der Waals surface area contributed by atoms with Gasteiger partial charge in [-0.25, -0.2) is 0 Å². The van der Waals surface area contributed by atoms with Crippen LogP contribution in [0.15, 0.2) is 22.7 Å². The molecule has 1 aromatic rings. The van der Waals surface area contributed by atoms with Crippen molar-refractivity contribution >= 4 is 15.9 Å². The van der Waals surface area contributed by atoms with Gasteiger partial charge in [0.25, 0.3) is 0 Å². The van der Waals surface area contributed by atoms with Crippen molar-refractivity contribution in [1.29, 1.82) is 0 Å². The predicted octanol–water partition coefficient (Wildman–Crippen LogP) is 2.43. The first kappa shape index (κ1) is 10.5. The Labute approximate surface area is 86.9 Å². The van der Waals surface area contributed by atoms with Crippen LogP contribution in [0.5, 0.6) is 5.75 Å². The number of benzene rings is 1. The molecule has 0 saturated carbocycles. The van der Waals surface area contributed by atoms with Crippen LogP contribution in [0.25, 0.3) is 0 Å². The summed E-state index contributed by atoms with van der Waals surface area (Å²) in [6.07, 6.45) is 1.73. The van der Waals surface area contributed by atoms with E-state index in [1.165, 1.54) is 0 Å². The van der Waals surface area contributed by atoms with Gasteiger partial charge in [-0.15, -0.1) is 0 Å². The summed E-state index contributed by atoms with van der Waals surface area (Å²) in [7, 11) is 0. The van der Waals surface area contributed by atoms with Gasteiger partial charge in [-0.05, 0) is 37.5 Å². The van der Waals surface area contributed by atoms with Gasteiger partial charge in [-0.2, -0.15) is 0 Å². The van der Waals surface area contributed by atoms with Crippen LogP contribution < -0.4 is 5.73 Å². The van der Waals surface area contributed by atoms with Gasteiger partial charge in [0.1, 0.15) is 5.75 Å². The molecule has 2 nitrogen and oxygen atoms in total. The first-order chi connectivity index (χ1) is 6.09. The normalized spacial score (nSPS) is 12.8. The number of rotatable bonds is 3. The average molecular weight is 244 g/mol. The second-order valence-electron chi connectivity index (χ2n) is 3.29. The van der Waals surface area contributed by atoms with Crippen molar-refractivity contribution in [2.45, 2.75) is 25.8 Å². The van der Waals surface area contributed by atoms with Gasteiger partial charge in [0, 0.05) is 10.5 Å². The molecule has 0 aliphatic rings. The molecule has 0 heterocycles. The predicted molar refractivity (Wildman–Crippen MR) is 57.8 cm³/mol. The Balaban J connectivity index is 2.67. The second kappa shape index (κ2) is 4.63. The maximum Gasteiger partial charge on any atom is 0.119 e. The maximum absolute atomic E-state index is 9.53. The molecule has 0 saturated heterocycles. The molecule has 3 heteroatoms. The Morgan fingerprint density at radius 1 is 1.54 bits per heavy atom. The fraction of sp³-hybridized carbons (Fsp3) is 0.400. The highest BCUT2D eigenvalue weighted by Gasteiger charge is 2.02. The van der Waals surface area contributed by atoms with Crippen LogP contribution in [0, 0.1) is 0 Å². The minimum atomic E-state index is 0.183. The summed E-state index contributed by atoms with van der Waals surface area (Å²) in [6.45, 7) is 1.97. The molecule has 1 atom stereocenters. The standard InChI is InChI=1S/C10H14BrNO/c1-7(12)2-3-8-4-5-9(11)6-10(8)13/h4-7,13H,2-3,12H2,1H3/t7-/m0/s1. The smallest absolute Gasteiger partial charge is 0.119 e. The van der Waals surface area contributed by atoms with Gasteiger partial charge < -0.3 is 10.8 Å². The van der Waals surface area contributed by atoms with E-state index in [1.54, 1.807) is 6.07 Å². The fourth-order valence-electron chi connectivity index (χ4n) is 1.13. The first-order valence-electron chi connectivity index (χ1n) is 4.32. The molecule has 0 bridgehead atoms. The van der Waals surface area contributed by atoms with Gasteiger partial charge >= 0.3 is 0 Å². The van der Waals surface area contributed by atoms with Crippen molar-refractivity contribution in [3.63, 3.8) is 0 Å². The van der Waals surface area contributed by atoms with Crippen LogP contribution in [-0.4, -0.2) is 11.1 Å². The lowest BCUT2D eigenvalue weighted by atomic mass is 10.1. The van der Waals surface area contributed by atoms with Crippen LogP contribution in [0.4, 0.5) is 0 Å². The molecule has 3 N–H and O–H groups in total. The number of phenolic OH excluding ortho intramolecular Hbond substituents is 1. The zero-order valence-electron chi connectivity index (χ0n) is 7.63. The molecule has 0 aliphatic carbocycles. The third kappa shape index (κ3) is 3.36. The van der Waals surface area contributed by atoms with Crippen molar-refractivity contribution in [1.82, 2.24) is 0 Å². The number of halogens is 1. The highest BCUT2D eigenvalue weighted by atomic mass is 79.9. The van der Waals surface area contributed by atoms with E-state index in [9.17, 15) is 5.11 Å². The monoisotopic (exact) mass is 243 g/mol. The molecule has 1 rings (SSSR count). The van der Waals surface area contributed by atoms with Gasteiger partial charge in [-0.3, -0.25) is 0 Å². The van der Waals surface area contributed by atoms with Crippen LogP contribution in [-0.2, 0) is 6.42 Å². The van der Waals surface area contributed by atoms with E-state index in [1.807, 2.05) is 19.1 Å². The van der Waals surface area contributed by atoms with Gasteiger partial charge in [0.2, 0.25) is 0 Å². The summed E-state index contributed by atoms with van der Waals surface area (Å²) in [6, 6.07) is 5.73. The molecule has 72 valence electrons. The Morgan fingerprint density at radius 3 is 2.77 bits per heavy atom. The van der Waals surface area contributed by atoms with Crippen molar-refractivity contribution < 1.29 is 5.11 Å². The van der Waals surface area contributed by atoms with Crippen molar-refractivity contribution in [2.75, 3.05) is 0 Å². The van der Waals surface area contributed by atoms with E-state index < -0.39 is 0 Å². The zero-order valence-corrected chi connectivity index (χ0v) is 9.21. The summed E-state index contributed by atoms with van der Waals surface area (Å²) in [5, 5.41) is 9.53. The lowest BCUT2D eigenvalue weighted by Gasteiger charge is -2.06. The Hall–Kier alpha value is -0.540. The van der Waals surface area contributed by atoms with Crippen LogP contribution in [0.2, 0.25) is 0 Å². The summed E-state index contributed by atoms with van der Waals surface area (Å²) < 4.78 is 0.898. The summed E-state index contributed by atoms with van der Waals surface area (Å²) in [5.74, 6) is 0.343. The highest BCUT2D eigenvalue weighted by molar-refractivity contribution is 9.10. The lowest BCUT2D eigenvalue weighted by molar-refractivity contribution is 0.465. The third-order valence-corrected chi connectivity index (χ3v) is 2.41. The van der Waals surface area contributed by atoms with E-state index >= 15 is 0 Å². The second-order valence-corrected chi connectivity index (χ2v) is 4.20. The van der Waals surface area contributed by atoms with E-state index in [-0.39, 0.29) is 6.04 Å². The molecule has 0 unspecified atom stereocenters. The number of hydrogen-bond donors (Lipinski definition) is 2. The van der Waals surface area contributed by atoms with Crippen molar-refractivity contribution in [3.8, 4) is 5.75 Å². The highest BCUT2D eigenvalue weighted by Crippen LogP contribution is 2.23. The van der Waals surface area contributed by atoms with Gasteiger partial charge in [-0.1, -0.05) is 22.0 Å².